The summed E-state index contributed by atoms with van der Waals surface area (Å²) >= 11 is 8.06. The third kappa shape index (κ3) is 4.95. The maximum atomic E-state index is 11.7. The Kier molecular flexibility index (Phi) is 6.66. The second-order valence-electron chi connectivity index (χ2n) is 3.54. The number of rotatable bonds is 6. The number of carbonyl (C=O) groups excluding carboxylic acids is 1. The van der Waals surface area contributed by atoms with E-state index in [9.17, 15) is 4.79 Å². The van der Waals surface area contributed by atoms with Crippen molar-refractivity contribution >= 4 is 54.9 Å². The summed E-state index contributed by atoms with van der Waals surface area (Å²) in [7, 11) is 0. The first kappa shape index (κ1) is 15.5. The zero-order chi connectivity index (χ0) is 13.5. The van der Waals surface area contributed by atoms with Crippen LogP contribution in [0.2, 0.25) is 0 Å². The number of hydrogen-bond acceptors (Lipinski definition) is 4. The number of hydrogen-bond donors (Lipinski definition) is 3. The van der Waals surface area contributed by atoms with E-state index >= 15 is 0 Å². The zero-order valence-corrected chi connectivity index (χ0v) is 13.4. The van der Waals surface area contributed by atoms with Gasteiger partial charge in [-0.05, 0) is 50.8 Å². The largest absolute Gasteiger partial charge is 0.409 e. The van der Waals surface area contributed by atoms with Crippen LogP contribution in [0, 0.1) is 0 Å². The molecule has 0 aromatic carbocycles. The van der Waals surface area contributed by atoms with Crippen molar-refractivity contribution in [3.05, 3.63) is 19.2 Å². The Morgan fingerprint density at radius 2 is 2.22 bits per heavy atom. The van der Waals surface area contributed by atoms with Crippen molar-refractivity contribution in [3.8, 4) is 0 Å². The molecule has 100 valence electrons. The Balaban J connectivity index is 2.25. The second-order valence-corrected chi connectivity index (χ2v) is 6.76. The van der Waals surface area contributed by atoms with Gasteiger partial charge in [0.25, 0.3) is 5.91 Å². The van der Waals surface area contributed by atoms with Gasteiger partial charge in [-0.15, -0.1) is 11.3 Å². The third-order valence-electron chi connectivity index (χ3n) is 2.14. The van der Waals surface area contributed by atoms with Crippen LogP contribution >= 0.6 is 43.2 Å². The molecule has 1 aromatic heterocycles. The van der Waals surface area contributed by atoms with Crippen LogP contribution in [0.25, 0.3) is 0 Å². The molecule has 0 atom stereocenters. The van der Waals surface area contributed by atoms with Crippen LogP contribution in [0.4, 0.5) is 0 Å². The first-order valence-electron chi connectivity index (χ1n) is 5.24. The van der Waals surface area contributed by atoms with Crippen LogP contribution in [0.1, 0.15) is 28.9 Å². The predicted octanol–water partition coefficient (Wildman–Crippen LogP) is 2.92. The van der Waals surface area contributed by atoms with Crippen molar-refractivity contribution in [2.45, 2.75) is 19.3 Å². The molecule has 1 aromatic rings. The van der Waals surface area contributed by atoms with Gasteiger partial charge < -0.3 is 16.3 Å². The molecular weight excluding hydrogens is 386 g/mol. The number of thiophene rings is 1. The Labute approximate surface area is 126 Å². The van der Waals surface area contributed by atoms with E-state index in [2.05, 4.69) is 42.3 Å². The lowest BCUT2D eigenvalue weighted by Crippen LogP contribution is -2.23. The van der Waals surface area contributed by atoms with E-state index in [0.29, 0.717) is 17.8 Å². The molecule has 0 aliphatic rings. The van der Waals surface area contributed by atoms with Crippen molar-refractivity contribution in [1.29, 1.82) is 0 Å². The van der Waals surface area contributed by atoms with Crippen LogP contribution in [-0.4, -0.2) is 23.5 Å². The number of nitrogens with zero attached hydrogens (tertiary/aromatic N) is 1. The summed E-state index contributed by atoms with van der Waals surface area (Å²) in [6.07, 6.45) is 2.09. The average molecular weight is 399 g/mol. The molecule has 1 rings (SSSR count). The maximum absolute atomic E-state index is 11.7. The lowest BCUT2D eigenvalue weighted by Gasteiger charge is -2.03. The van der Waals surface area contributed by atoms with Crippen LogP contribution in [0.15, 0.2) is 19.5 Å². The van der Waals surface area contributed by atoms with Gasteiger partial charge in [0.05, 0.1) is 8.66 Å². The molecule has 8 heteroatoms. The van der Waals surface area contributed by atoms with E-state index < -0.39 is 0 Å². The molecule has 0 spiro atoms. The van der Waals surface area contributed by atoms with Crippen molar-refractivity contribution in [3.63, 3.8) is 0 Å². The highest BCUT2D eigenvalue weighted by molar-refractivity contribution is 9.13. The molecule has 1 amide bonds. The van der Waals surface area contributed by atoms with Gasteiger partial charge in [0.2, 0.25) is 0 Å². The standard InChI is InChI=1S/C10H13Br2N3O2S/c11-6-5-7(18-9(6)12)10(16)14-4-2-1-3-8(13)15-17/h5,17H,1-4H2,(H2,13,15)(H,14,16). The molecule has 0 saturated heterocycles. The van der Waals surface area contributed by atoms with E-state index in [-0.39, 0.29) is 11.7 Å². The van der Waals surface area contributed by atoms with Crippen molar-refractivity contribution in [2.24, 2.45) is 10.9 Å². The quantitative estimate of drug-likeness (QED) is 0.226. The summed E-state index contributed by atoms with van der Waals surface area (Å²) < 4.78 is 1.78. The molecule has 0 aliphatic carbocycles. The van der Waals surface area contributed by atoms with Crippen LogP contribution < -0.4 is 11.1 Å². The van der Waals surface area contributed by atoms with E-state index in [1.54, 1.807) is 6.07 Å². The summed E-state index contributed by atoms with van der Waals surface area (Å²) in [5.41, 5.74) is 5.33. The minimum Gasteiger partial charge on any atom is -0.409 e. The number of unbranched alkanes of at least 4 members (excludes halogenated alkanes) is 1. The van der Waals surface area contributed by atoms with Crippen molar-refractivity contribution < 1.29 is 10.0 Å². The first-order chi connectivity index (χ1) is 8.54. The lowest BCUT2D eigenvalue weighted by molar-refractivity contribution is 0.0957. The Bertz CT molecular complexity index is 429. The van der Waals surface area contributed by atoms with Crippen LogP contribution in [-0.2, 0) is 0 Å². The van der Waals surface area contributed by atoms with Gasteiger partial charge >= 0.3 is 0 Å². The molecule has 0 bridgehead atoms. The molecule has 0 saturated carbocycles. The van der Waals surface area contributed by atoms with Crippen LogP contribution in [0.3, 0.4) is 0 Å². The smallest absolute Gasteiger partial charge is 0.261 e. The minimum atomic E-state index is -0.0878. The van der Waals surface area contributed by atoms with E-state index in [1.165, 1.54) is 11.3 Å². The monoisotopic (exact) mass is 397 g/mol. The Hall–Kier alpha value is -0.600. The number of amidine groups is 1. The molecule has 0 radical (unpaired) electrons. The number of carbonyl (C=O) groups is 1. The fourth-order valence-electron chi connectivity index (χ4n) is 1.23. The van der Waals surface area contributed by atoms with Gasteiger partial charge in [-0.2, -0.15) is 0 Å². The Morgan fingerprint density at radius 1 is 1.50 bits per heavy atom. The first-order valence-corrected chi connectivity index (χ1v) is 7.64. The van der Waals surface area contributed by atoms with E-state index in [4.69, 9.17) is 10.9 Å². The summed E-state index contributed by atoms with van der Waals surface area (Å²) in [5.74, 6) is 0.127. The van der Waals surface area contributed by atoms with Crippen molar-refractivity contribution in [1.82, 2.24) is 5.32 Å². The molecule has 0 fully saturated rings. The third-order valence-corrected chi connectivity index (χ3v) is 5.40. The molecule has 0 aliphatic heterocycles. The number of halogens is 2. The fourth-order valence-corrected chi connectivity index (χ4v) is 3.18. The van der Waals surface area contributed by atoms with E-state index in [0.717, 1.165) is 21.1 Å². The zero-order valence-electron chi connectivity index (χ0n) is 9.45. The van der Waals surface area contributed by atoms with Gasteiger partial charge in [0.1, 0.15) is 5.84 Å². The molecular formula is C10H13Br2N3O2S. The summed E-state index contributed by atoms with van der Waals surface area (Å²) in [4.78, 5) is 12.4. The molecule has 5 nitrogen and oxygen atoms in total. The molecule has 4 N–H and O–H groups in total. The summed E-state index contributed by atoms with van der Waals surface area (Å²) in [5, 5.41) is 14.0. The number of nitrogens with two attached hydrogens (primary N) is 1. The van der Waals surface area contributed by atoms with Gasteiger partial charge in [0, 0.05) is 17.4 Å². The molecule has 18 heavy (non-hydrogen) atoms. The average Bonchev–Trinajstić information content (AvgIpc) is 2.68. The maximum Gasteiger partial charge on any atom is 0.261 e. The number of amides is 1. The highest BCUT2D eigenvalue weighted by Crippen LogP contribution is 2.32. The highest BCUT2D eigenvalue weighted by Gasteiger charge is 2.11. The van der Waals surface area contributed by atoms with Gasteiger partial charge in [0.15, 0.2) is 0 Å². The molecule has 1 heterocycles. The highest BCUT2D eigenvalue weighted by atomic mass is 79.9. The van der Waals surface area contributed by atoms with Crippen molar-refractivity contribution in [2.75, 3.05) is 6.54 Å². The fraction of sp³-hybridized carbons (Fsp3) is 0.400. The Morgan fingerprint density at radius 3 is 2.78 bits per heavy atom. The van der Waals surface area contributed by atoms with Gasteiger partial charge in [-0.25, -0.2) is 0 Å². The number of oxime groups is 1. The van der Waals surface area contributed by atoms with Crippen LogP contribution in [0.5, 0.6) is 0 Å². The normalized spacial score (nSPS) is 11.6. The van der Waals surface area contributed by atoms with E-state index in [1.807, 2.05) is 0 Å². The number of nitrogens with one attached hydrogen (secondary N) is 1. The topological polar surface area (TPSA) is 87.7 Å². The summed E-state index contributed by atoms with van der Waals surface area (Å²) in [6, 6.07) is 1.78. The SMILES string of the molecule is NC(CCCCNC(=O)c1cc(Br)c(Br)s1)=NO. The lowest BCUT2D eigenvalue weighted by atomic mass is 10.2. The summed E-state index contributed by atoms with van der Waals surface area (Å²) in [6.45, 7) is 0.574. The van der Waals surface area contributed by atoms with Gasteiger partial charge in [-0.1, -0.05) is 5.16 Å². The second kappa shape index (κ2) is 7.75. The predicted molar refractivity (Wildman–Crippen MR) is 79.3 cm³/mol. The molecule has 0 unspecified atom stereocenters. The minimum absolute atomic E-state index is 0.0878. The van der Waals surface area contributed by atoms with Gasteiger partial charge in [-0.3, -0.25) is 4.79 Å².